The van der Waals surface area contributed by atoms with E-state index in [0.29, 0.717) is 25.3 Å². The molecular formula is C25H28N6O. The van der Waals surface area contributed by atoms with E-state index in [9.17, 15) is 4.79 Å². The molecule has 7 nitrogen and oxygen atoms in total. The van der Waals surface area contributed by atoms with Gasteiger partial charge in [0.25, 0.3) is 0 Å². The number of aryl methyl sites for hydroxylation is 1. The van der Waals surface area contributed by atoms with Gasteiger partial charge in [-0.25, -0.2) is 19.9 Å². The van der Waals surface area contributed by atoms with Crippen LogP contribution < -0.4 is 9.80 Å². The van der Waals surface area contributed by atoms with Crippen LogP contribution in [0.4, 0.5) is 11.8 Å². The van der Waals surface area contributed by atoms with Gasteiger partial charge in [-0.15, -0.1) is 0 Å². The molecule has 2 aliphatic rings. The molecule has 1 unspecified atom stereocenters. The fraction of sp³-hybridized carbons (Fsp3) is 0.400. The van der Waals surface area contributed by atoms with Crippen molar-refractivity contribution in [2.24, 2.45) is 0 Å². The third-order valence-corrected chi connectivity index (χ3v) is 6.43. The molecule has 32 heavy (non-hydrogen) atoms. The van der Waals surface area contributed by atoms with Crippen molar-refractivity contribution in [3.8, 4) is 0 Å². The lowest BCUT2D eigenvalue weighted by Crippen LogP contribution is -2.40. The maximum absolute atomic E-state index is 12.9. The summed E-state index contributed by atoms with van der Waals surface area (Å²) in [4.78, 5) is 35.9. The summed E-state index contributed by atoms with van der Waals surface area (Å²) >= 11 is 0. The molecule has 3 aromatic rings. The van der Waals surface area contributed by atoms with Gasteiger partial charge < -0.3 is 4.90 Å². The number of aromatic nitrogens is 4. The van der Waals surface area contributed by atoms with Crippen LogP contribution in [0.15, 0.2) is 48.8 Å². The number of amides is 1. The van der Waals surface area contributed by atoms with E-state index < -0.39 is 0 Å². The van der Waals surface area contributed by atoms with Crippen LogP contribution in [-0.2, 0) is 17.6 Å². The Balaban J connectivity index is 1.48. The van der Waals surface area contributed by atoms with E-state index in [0.717, 1.165) is 55.1 Å². The van der Waals surface area contributed by atoms with Crippen molar-refractivity contribution in [1.29, 1.82) is 0 Å². The van der Waals surface area contributed by atoms with Gasteiger partial charge in [0.1, 0.15) is 5.82 Å². The summed E-state index contributed by atoms with van der Waals surface area (Å²) in [7, 11) is 0. The molecule has 164 valence electrons. The number of carbonyl (C=O) groups is 1. The van der Waals surface area contributed by atoms with Gasteiger partial charge >= 0.3 is 0 Å². The molecule has 4 heterocycles. The minimum atomic E-state index is 0.0168. The maximum Gasteiger partial charge on any atom is 0.228 e. The second kappa shape index (κ2) is 9.02. The van der Waals surface area contributed by atoms with Crippen molar-refractivity contribution >= 4 is 17.7 Å². The van der Waals surface area contributed by atoms with Crippen molar-refractivity contribution in [2.75, 3.05) is 22.9 Å². The minimum absolute atomic E-state index is 0.0168. The quantitative estimate of drug-likeness (QED) is 0.615. The smallest absolute Gasteiger partial charge is 0.228 e. The molecule has 1 fully saturated rings. The number of carbonyl (C=O) groups excluding carboxylic acids is 1. The summed E-state index contributed by atoms with van der Waals surface area (Å²) in [6.07, 6.45) is 8.74. The molecule has 0 bridgehead atoms. The first-order valence-corrected chi connectivity index (χ1v) is 11.5. The highest BCUT2D eigenvalue weighted by Gasteiger charge is 2.32. The largest absolute Gasteiger partial charge is 0.331 e. The molecule has 1 amide bonds. The number of piperidine rings is 1. The van der Waals surface area contributed by atoms with Gasteiger partial charge in [0.2, 0.25) is 11.9 Å². The van der Waals surface area contributed by atoms with E-state index >= 15 is 0 Å². The highest BCUT2D eigenvalue weighted by atomic mass is 16.2. The van der Waals surface area contributed by atoms with E-state index in [1.807, 2.05) is 36.1 Å². The Morgan fingerprint density at radius 3 is 2.62 bits per heavy atom. The van der Waals surface area contributed by atoms with Crippen molar-refractivity contribution in [3.63, 3.8) is 0 Å². The molecule has 1 saturated heterocycles. The summed E-state index contributed by atoms with van der Waals surface area (Å²) in [6, 6.07) is 12.1. The molecule has 0 saturated carbocycles. The highest BCUT2D eigenvalue weighted by Crippen LogP contribution is 2.35. The van der Waals surface area contributed by atoms with Crippen molar-refractivity contribution in [2.45, 2.75) is 51.5 Å². The third kappa shape index (κ3) is 4.07. The molecule has 1 atom stereocenters. The summed E-state index contributed by atoms with van der Waals surface area (Å²) < 4.78 is 0. The van der Waals surface area contributed by atoms with Crippen LogP contribution in [0.5, 0.6) is 0 Å². The second-order valence-corrected chi connectivity index (χ2v) is 8.50. The van der Waals surface area contributed by atoms with Crippen molar-refractivity contribution < 1.29 is 4.79 Å². The molecule has 2 aliphatic heterocycles. The van der Waals surface area contributed by atoms with E-state index in [-0.39, 0.29) is 11.9 Å². The zero-order valence-corrected chi connectivity index (χ0v) is 18.4. The Morgan fingerprint density at radius 2 is 1.81 bits per heavy atom. The van der Waals surface area contributed by atoms with Crippen molar-refractivity contribution in [1.82, 2.24) is 19.9 Å². The summed E-state index contributed by atoms with van der Waals surface area (Å²) in [5.74, 6) is 2.42. The first-order valence-electron chi connectivity index (χ1n) is 11.5. The van der Waals surface area contributed by atoms with Crippen LogP contribution in [-0.4, -0.2) is 38.9 Å². The summed E-state index contributed by atoms with van der Waals surface area (Å²) in [5, 5.41) is 0. The fourth-order valence-corrected chi connectivity index (χ4v) is 4.75. The SMILES string of the molecule is Cc1nc(C2CCCCN2c2ncccn2)nc2c1CCC(=O)N2CCc1ccccc1. The van der Waals surface area contributed by atoms with Crippen LogP contribution in [0.1, 0.15) is 54.4 Å². The lowest BCUT2D eigenvalue weighted by atomic mass is 9.99. The maximum atomic E-state index is 12.9. The van der Waals surface area contributed by atoms with Crippen LogP contribution >= 0.6 is 0 Å². The highest BCUT2D eigenvalue weighted by molar-refractivity contribution is 5.95. The number of rotatable bonds is 5. The van der Waals surface area contributed by atoms with Crippen LogP contribution in [0.2, 0.25) is 0 Å². The molecule has 0 radical (unpaired) electrons. The van der Waals surface area contributed by atoms with Gasteiger partial charge in [-0.1, -0.05) is 30.3 Å². The average molecular weight is 429 g/mol. The molecule has 0 spiro atoms. The van der Waals surface area contributed by atoms with Crippen molar-refractivity contribution in [3.05, 3.63) is 71.4 Å². The third-order valence-electron chi connectivity index (χ3n) is 6.43. The normalized spacial score (nSPS) is 18.5. The van der Waals surface area contributed by atoms with Crippen LogP contribution in [0.25, 0.3) is 0 Å². The number of fused-ring (bicyclic) bond motifs is 1. The molecule has 0 aliphatic carbocycles. The monoisotopic (exact) mass is 428 g/mol. The van der Waals surface area contributed by atoms with Crippen LogP contribution in [0.3, 0.4) is 0 Å². The van der Waals surface area contributed by atoms with Gasteiger partial charge in [0, 0.05) is 43.2 Å². The van der Waals surface area contributed by atoms with Gasteiger partial charge in [-0.2, -0.15) is 0 Å². The predicted molar refractivity (Wildman–Crippen MR) is 124 cm³/mol. The Hall–Kier alpha value is -3.35. The summed E-state index contributed by atoms with van der Waals surface area (Å²) in [5.41, 5.74) is 3.29. The Kier molecular flexibility index (Phi) is 5.79. The number of nitrogens with zero attached hydrogens (tertiary/aromatic N) is 6. The van der Waals surface area contributed by atoms with Gasteiger partial charge in [-0.3, -0.25) is 9.69 Å². The molecule has 0 N–H and O–H groups in total. The number of hydrogen-bond donors (Lipinski definition) is 0. The van der Waals surface area contributed by atoms with Crippen LogP contribution in [0, 0.1) is 6.92 Å². The molecular weight excluding hydrogens is 400 g/mol. The zero-order chi connectivity index (χ0) is 21.9. The fourth-order valence-electron chi connectivity index (χ4n) is 4.75. The van der Waals surface area contributed by atoms with E-state index in [1.54, 1.807) is 12.4 Å². The Morgan fingerprint density at radius 1 is 1.00 bits per heavy atom. The van der Waals surface area contributed by atoms with E-state index in [1.165, 1.54) is 5.56 Å². The molecule has 1 aromatic carbocycles. The van der Waals surface area contributed by atoms with Gasteiger partial charge in [-0.05, 0) is 50.7 Å². The first-order chi connectivity index (χ1) is 15.7. The summed E-state index contributed by atoms with van der Waals surface area (Å²) in [6.45, 7) is 3.55. The lowest BCUT2D eigenvalue weighted by molar-refractivity contribution is -0.118. The van der Waals surface area contributed by atoms with E-state index in [2.05, 4.69) is 27.0 Å². The van der Waals surface area contributed by atoms with Gasteiger partial charge in [0.05, 0.1) is 6.04 Å². The standard InChI is InChI=1S/C25H28N6O/c1-18-20-11-12-22(32)31(17-13-19-8-3-2-4-9-19)24(20)29-23(28-18)21-10-5-6-16-30(21)25-26-14-7-15-27-25/h2-4,7-9,14-15,21H,5-6,10-13,16-17H2,1H3. The Labute approximate surface area is 188 Å². The number of anilines is 2. The minimum Gasteiger partial charge on any atom is -0.331 e. The lowest BCUT2D eigenvalue weighted by Gasteiger charge is -2.36. The number of hydrogen-bond acceptors (Lipinski definition) is 6. The molecule has 5 rings (SSSR count). The second-order valence-electron chi connectivity index (χ2n) is 8.50. The predicted octanol–water partition coefficient (Wildman–Crippen LogP) is 3.83. The zero-order valence-electron chi connectivity index (χ0n) is 18.4. The molecule has 7 heteroatoms. The van der Waals surface area contributed by atoms with E-state index in [4.69, 9.17) is 9.97 Å². The number of benzene rings is 1. The Bertz CT molecular complexity index is 1090. The average Bonchev–Trinajstić information content (AvgIpc) is 2.84. The topological polar surface area (TPSA) is 75.1 Å². The first kappa shape index (κ1) is 20.5. The molecule has 2 aromatic heterocycles. The van der Waals surface area contributed by atoms with Gasteiger partial charge in [0.15, 0.2) is 5.82 Å².